The molecule has 0 saturated carbocycles. The molecule has 0 aliphatic heterocycles. The predicted octanol–water partition coefficient (Wildman–Crippen LogP) is 0.873. The molecule has 3 rings (SSSR count). The molecule has 108 valence electrons. The highest BCUT2D eigenvalue weighted by molar-refractivity contribution is 5.94. The molecule has 6 nitrogen and oxygen atoms in total. The lowest BCUT2D eigenvalue weighted by Gasteiger charge is -2.17. The lowest BCUT2D eigenvalue weighted by Crippen LogP contribution is -2.34. The van der Waals surface area contributed by atoms with Crippen LogP contribution in [0.2, 0.25) is 0 Å². The van der Waals surface area contributed by atoms with Gasteiger partial charge in [0.2, 0.25) is 0 Å². The van der Waals surface area contributed by atoms with Crippen molar-refractivity contribution in [1.82, 2.24) is 15.3 Å². The van der Waals surface area contributed by atoms with E-state index in [0.717, 1.165) is 11.1 Å². The van der Waals surface area contributed by atoms with E-state index in [4.69, 9.17) is 4.74 Å². The molecule has 1 aliphatic rings. The van der Waals surface area contributed by atoms with Crippen LogP contribution in [0.4, 0.5) is 0 Å². The number of hydrogen-bond acceptors (Lipinski definition) is 5. The number of fused-ring (bicyclic) bond motifs is 1. The molecule has 0 radical (unpaired) electrons. The van der Waals surface area contributed by atoms with Gasteiger partial charge in [-0.3, -0.25) is 4.79 Å². The topological polar surface area (TPSA) is 84.3 Å². The van der Waals surface area contributed by atoms with Gasteiger partial charge in [0.05, 0.1) is 24.8 Å². The number of benzene rings is 1. The molecular weight excluding hydrogens is 270 g/mol. The molecule has 6 heteroatoms. The summed E-state index contributed by atoms with van der Waals surface area (Å²) in [6, 6.07) is 7.50. The second-order valence-electron chi connectivity index (χ2n) is 4.88. The van der Waals surface area contributed by atoms with Crippen molar-refractivity contribution in [2.45, 2.75) is 18.6 Å². The Hall–Kier alpha value is -2.47. The quantitative estimate of drug-likeness (QED) is 0.874. The lowest BCUT2D eigenvalue weighted by molar-refractivity contribution is 0.0857. The van der Waals surface area contributed by atoms with Crippen molar-refractivity contribution in [1.29, 1.82) is 0 Å². The number of ether oxygens (including phenoxy) is 1. The third-order valence-corrected chi connectivity index (χ3v) is 3.56. The lowest BCUT2D eigenvalue weighted by atomic mass is 10.1. The Kier molecular flexibility index (Phi) is 3.53. The van der Waals surface area contributed by atoms with Crippen LogP contribution in [0.1, 0.15) is 27.5 Å². The molecule has 0 unspecified atom stereocenters. The molecular formula is C15H15N3O3. The SMILES string of the molecule is COc1ncc(C(=O)N[C@@H]2c3ccccc3C[C@@H]2O)cn1. The summed E-state index contributed by atoms with van der Waals surface area (Å²) in [5, 5.41) is 13.0. The monoisotopic (exact) mass is 285 g/mol. The Bertz CT molecular complexity index is 657. The van der Waals surface area contributed by atoms with Gasteiger partial charge in [-0.1, -0.05) is 24.3 Å². The van der Waals surface area contributed by atoms with E-state index in [1.54, 1.807) is 0 Å². The molecule has 1 aliphatic carbocycles. The van der Waals surface area contributed by atoms with Crippen LogP contribution < -0.4 is 10.1 Å². The first-order chi connectivity index (χ1) is 10.2. The van der Waals surface area contributed by atoms with Gasteiger partial charge < -0.3 is 15.2 Å². The maximum Gasteiger partial charge on any atom is 0.316 e. The smallest absolute Gasteiger partial charge is 0.316 e. The van der Waals surface area contributed by atoms with Crippen molar-refractivity contribution in [3.8, 4) is 6.01 Å². The summed E-state index contributed by atoms with van der Waals surface area (Å²) in [7, 11) is 1.46. The van der Waals surface area contributed by atoms with E-state index in [2.05, 4.69) is 15.3 Å². The van der Waals surface area contributed by atoms with Gasteiger partial charge in [-0.05, 0) is 11.1 Å². The number of aromatic nitrogens is 2. The summed E-state index contributed by atoms with van der Waals surface area (Å²) < 4.78 is 4.85. The second kappa shape index (κ2) is 5.49. The Morgan fingerprint density at radius 2 is 2.05 bits per heavy atom. The molecule has 0 spiro atoms. The number of carbonyl (C=O) groups excluding carboxylic acids is 1. The zero-order valence-corrected chi connectivity index (χ0v) is 11.5. The van der Waals surface area contributed by atoms with Crippen molar-refractivity contribution < 1.29 is 14.6 Å². The Morgan fingerprint density at radius 1 is 1.33 bits per heavy atom. The number of nitrogens with one attached hydrogen (secondary N) is 1. The zero-order valence-electron chi connectivity index (χ0n) is 11.5. The summed E-state index contributed by atoms with van der Waals surface area (Å²) in [6.07, 6.45) is 2.72. The maximum absolute atomic E-state index is 12.2. The largest absolute Gasteiger partial charge is 0.467 e. The minimum Gasteiger partial charge on any atom is -0.467 e. The molecule has 1 aromatic carbocycles. The zero-order chi connectivity index (χ0) is 14.8. The second-order valence-corrected chi connectivity index (χ2v) is 4.88. The molecule has 2 atom stereocenters. The number of nitrogens with zero attached hydrogens (tertiary/aromatic N) is 2. The van der Waals surface area contributed by atoms with Gasteiger partial charge in [0.15, 0.2) is 0 Å². The van der Waals surface area contributed by atoms with E-state index in [1.807, 2.05) is 24.3 Å². The minimum absolute atomic E-state index is 0.206. The molecule has 0 fully saturated rings. The van der Waals surface area contributed by atoms with E-state index in [-0.39, 0.29) is 11.9 Å². The van der Waals surface area contributed by atoms with Gasteiger partial charge in [0, 0.05) is 18.8 Å². The molecule has 1 aromatic heterocycles. The first-order valence-corrected chi connectivity index (χ1v) is 6.62. The van der Waals surface area contributed by atoms with E-state index in [0.29, 0.717) is 12.0 Å². The van der Waals surface area contributed by atoms with Crippen LogP contribution in [-0.4, -0.2) is 34.2 Å². The third kappa shape index (κ3) is 2.57. The number of carbonyl (C=O) groups is 1. The highest BCUT2D eigenvalue weighted by Crippen LogP contribution is 2.31. The average Bonchev–Trinajstić information content (AvgIpc) is 2.83. The molecule has 0 saturated heterocycles. The van der Waals surface area contributed by atoms with Crippen LogP contribution >= 0.6 is 0 Å². The van der Waals surface area contributed by atoms with Gasteiger partial charge in [0.1, 0.15) is 0 Å². The predicted molar refractivity (Wildman–Crippen MR) is 74.9 cm³/mol. The minimum atomic E-state index is -0.620. The number of aliphatic hydroxyl groups is 1. The Morgan fingerprint density at radius 3 is 2.76 bits per heavy atom. The summed E-state index contributed by atoms with van der Waals surface area (Å²) in [4.78, 5) is 20.0. The Balaban J connectivity index is 1.78. The van der Waals surface area contributed by atoms with E-state index >= 15 is 0 Å². The highest BCUT2D eigenvalue weighted by Gasteiger charge is 2.32. The van der Waals surface area contributed by atoms with E-state index in [1.165, 1.54) is 19.5 Å². The van der Waals surface area contributed by atoms with Crippen LogP contribution in [0.25, 0.3) is 0 Å². The molecule has 1 amide bonds. The number of methoxy groups -OCH3 is 1. The number of aliphatic hydroxyl groups excluding tert-OH is 1. The van der Waals surface area contributed by atoms with Crippen LogP contribution in [0.15, 0.2) is 36.7 Å². The van der Waals surface area contributed by atoms with Gasteiger partial charge >= 0.3 is 6.01 Å². The van der Waals surface area contributed by atoms with Crippen molar-refractivity contribution in [2.75, 3.05) is 7.11 Å². The highest BCUT2D eigenvalue weighted by atomic mass is 16.5. The van der Waals surface area contributed by atoms with Crippen molar-refractivity contribution in [3.05, 3.63) is 53.3 Å². The van der Waals surface area contributed by atoms with Crippen molar-refractivity contribution in [2.24, 2.45) is 0 Å². The van der Waals surface area contributed by atoms with Crippen LogP contribution in [0, 0.1) is 0 Å². The first kappa shape index (κ1) is 13.5. The molecule has 21 heavy (non-hydrogen) atoms. The van der Waals surface area contributed by atoms with Crippen LogP contribution in [-0.2, 0) is 6.42 Å². The number of amides is 1. The normalized spacial score (nSPS) is 19.9. The van der Waals surface area contributed by atoms with Crippen molar-refractivity contribution >= 4 is 5.91 Å². The molecule has 1 heterocycles. The summed E-state index contributed by atoms with van der Waals surface area (Å²) in [5.41, 5.74) is 2.33. The van der Waals surface area contributed by atoms with Crippen LogP contribution in [0.3, 0.4) is 0 Å². The molecule has 0 bridgehead atoms. The standard InChI is InChI=1S/C15H15N3O3/c1-21-15-16-7-10(8-17-15)14(20)18-13-11-5-3-2-4-9(11)6-12(13)19/h2-5,7-8,12-13,19H,6H2,1H3,(H,18,20)/t12-,13+/m0/s1. The Labute approximate surface area is 121 Å². The van der Waals surface area contributed by atoms with Gasteiger partial charge in [-0.15, -0.1) is 0 Å². The summed E-state index contributed by atoms with van der Waals surface area (Å²) >= 11 is 0. The summed E-state index contributed by atoms with van der Waals surface area (Å²) in [5.74, 6) is -0.321. The maximum atomic E-state index is 12.2. The van der Waals surface area contributed by atoms with Gasteiger partial charge in [-0.25, -0.2) is 9.97 Å². The van der Waals surface area contributed by atoms with Crippen molar-refractivity contribution in [3.63, 3.8) is 0 Å². The van der Waals surface area contributed by atoms with Crippen LogP contribution in [0.5, 0.6) is 6.01 Å². The van der Waals surface area contributed by atoms with Gasteiger partial charge in [0.25, 0.3) is 5.91 Å². The molecule has 2 N–H and O–H groups in total. The molecule has 2 aromatic rings. The van der Waals surface area contributed by atoms with E-state index < -0.39 is 12.1 Å². The number of rotatable bonds is 3. The fourth-order valence-corrected chi connectivity index (χ4v) is 2.51. The average molecular weight is 285 g/mol. The fraction of sp³-hybridized carbons (Fsp3) is 0.267. The number of hydrogen-bond donors (Lipinski definition) is 2. The first-order valence-electron chi connectivity index (χ1n) is 6.62. The van der Waals surface area contributed by atoms with Gasteiger partial charge in [-0.2, -0.15) is 0 Å². The van der Waals surface area contributed by atoms with E-state index in [9.17, 15) is 9.90 Å². The fourth-order valence-electron chi connectivity index (χ4n) is 2.51. The third-order valence-electron chi connectivity index (χ3n) is 3.56. The summed E-state index contributed by atoms with van der Waals surface area (Å²) in [6.45, 7) is 0.